The third kappa shape index (κ3) is 4.23. The number of piperidine rings is 1. The molecule has 0 radical (unpaired) electrons. The number of carbonyl (C=O) groups is 1. The SMILES string of the molecule is Cc1ccc(S(=O)(=O)N2CCCCC2)cc1NC(=O)CC1CCc2ccccc21. The molecule has 0 spiro atoms. The van der Waals surface area contributed by atoms with Gasteiger partial charge in [-0.2, -0.15) is 4.31 Å². The van der Waals surface area contributed by atoms with Gasteiger partial charge in [0.1, 0.15) is 0 Å². The van der Waals surface area contributed by atoms with Gasteiger partial charge in [-0.15, -0.1) is 0 Å². The van der Waals surface area contributed by atoms with Crippen LogP contribution in [-0.2, 0) is 21.2 Å². The minimum absolute atomic E-state index is 0.0673. The average molecular weight is 413 g/mol. The van der Waals surface area contributed by atoms with Gasteiger partial charge in [0, 0.05) is 25.2 Å². The number of anilines is 1. The summed E-state index contributed by atoms with van der Waals surface area (Å²) >= 11 is 0. The molecular weight excluding hydrogens is 384 g/mol. The Morgan fingerprint density at radius 3 is 2.66 bits per heavy atom. The van der Waals surface area contributed by atoms with E-state index in [-0.39, 0.29) is 16.7 Å². The van der Waals surface area contributed by atoms with E-state index in [1.807, 2.05) is 19.1 Å². The van der Waals surface area contributed by atoms with Crippen molar-refractivity contribution in [2.24, 2.45) is 0 Å². The second-order valence-corrected chi connectivity index (χ2v) is 10.1. The standard InChI is InChI=1S/C23H28N2O3S/c1-17-9-12-20(29(27,28)25-13-5-2-6-14-25)16-22(17)24-23(26)15-19-11-10-18-7-3-4-8-21(18)19/h3-4,7-9,12,16,19H,2,5-6,10-11,13-15H2,1H3,(H,24,26). The lowest BCUT2D eigenvalue weighted by atomic mass is 9.97. The highest BCUT2D eigenvalue weighted by Crippen LogP contribution is 2.35. The number of amides is 1. The maximum Gasteiger partial charge on any atom is 0.243 e. The first kappa shape index (κ1) is 20.1. The van der Waals surface area contributed by atoms with Crippen LogP contribution in [0.1, 0.15) is 54.7 Å². The molecule has 0 aromatic heterocycles. The Morgan fingerprint density at radius 2 is 1.86 bits per heavy atom. The van der Waals surface area contributed by atoms with Crippen LogP contribution in [-0.4, -0.2) is 31.7 Å². The molecule has 1 saturated heterocycles. The molecule has 4 rings (SSSR count). The fraction of sp³-hybridized carbons (Fsp3) is 0.435. The lowest BCUT2D eigenvalue weighted by molar-refractivity contribution is -0.116. The molecule has 1 unspecified atom stereocenters. The van der Waals surface area contributed by atoms with Crippen LogP contribution < -0.4 is 5.32 Å². The van der Waals surface area contributed by atoms with E-state index in [4.69, 9.17) is 0 Å². The van der Waals surface area contributed by atoms with Crippen LogP contribution in [0.4, 0.5) is 5.69 Å². The summed E-state index contributed by atoms with van der Waals surface area (Å²) in [5.74, 6) is 0.161. The summed E-state index contributed by atoms with van der Waals surface area (Å²) in [6.45, 7) is 3.02. The number of rotatable bonds is 5. The van der Waals surface area contributed by atoms with E-state index in [1.54, 1.807) is 22.5 Å². The Kier molecular flexibility index (Phi) is 5.74. The molecule has 1 atom stereocenters. The Bertz CT molecular complexity index is 1010. The van der Waals surface area contributed by atoms with E-state index in [0.29, 0.717) is 25.2 Å². The molecule has 1 N–H and O–H groups in total. The number of sulfonamides is 1. The predicted octanol–water partition coefficient (Wildman–Crippen LogP) is 4.23. The van der Waals surface area contributed by atoms with Crippen molar-refractivity contribution in [2.45, 2.75) is 56.3 Å². The molecule has 1 aliphatic carbocycles. The molecular formula is C23H28N2O3S. The lowest BCUT2D eigenvalue weighted by Gasteiger charge is -2.26. The smallest absolute Gasteiger partial charge is 0.243 e. The number of nitrogens with one attached hydrogen (secondary N) is 1. The van der Waals surface area contributed by atoms with Crippen molar-refractivity contribution in [1.29, 1.82) is 0 Å². The highest BCUT2D eigenvalue weighted by molar-refractivity contribution is 7.89. The van der Waals surface area contributed by atoms with Crippen molar-refractivity contribution in [3.63, 3.8) is 0 Å². The number of hydrogen-bond donors (Lipinski definition) is 1. The zero-order valence-electron chi connectivity index (χ0n) is 16.9. The average Bonchev–Trinajstić information content (AvgIpc) is 3.13. The summed E-state index contributed by atoms with van der Waals surface area (Å²) in [6, 6.07) is 13.3. The Labute approximate surface area is 173 Å². The first-order valence-electron chi connectivity index (χ1n) is 10.4. The zero-order valence-corrected chi connectivity index (χ0v) is 17.7. The fourth-order valence-corrected chi connectivity index (χ4v) is 5.98. The van der Waals surface area contributed by atoms with Crippen molar-refractivity contribution >= 4 is 21.6 Å². The van der Waals surface area contributed by atoms with Crippen LogP contribution in [0.5, 0.6) is 0 Å². The molecule has 0 saturated carbocycles. The Balaban J connectivity index is 1.49. The topological polar surface area (TPSA) is 66.5 Å². The van der Waals surface area contributed by atoms with Gasteiger partial charge in [-0.25, -0.2) is 8.42 Å². The van der Waals surface area contributed by atoms with Gasteiger partial charge >= 0.3 is 0 Å². The molecule has 0 bridgehead atoms. The van der Waals surface area contributed by atoms with Crippen molar-refractivity contribution < 1.29 is 13.2 Å². The zero-order chi connectivity index (χ0) is 20.4. The molecule has 1 fully saturated rings. The van der Waals surface area contributed by atoms with E-state index >= 15 is 0 Å². The minimum atomic E-state index is -3.52. The summed E-state index contributed by atoms with van der Waals surface area (Å²) < 4.78 is 27.5. The number of hydrogen-bond acceptors (Lipinski definition) is 3. The second-order valence-electron chi connectivity index (χ2n) is 8.13. The summed E-state index contributed by atoms with van der Waals surface area (Å²) in [6.07, 6.45) is 5.28. The summed E-state index contributed by atoms with van der Waals surface area (Å²) in [4.78, 5) is 13.0. The van der Waals surface area contributed by atoms with Crippen molar-refractivity contribution in [2.75, 3.05) is 18.4 Å². The number of carbonyl (C=O) groups excluding carboxylic acids is 1. The van der Waals surface area contributed by atoms with E-state index < -0.39 is 10.0 Å². The van der Waals surface area contributed by atoms with Gasteiger partial charge in [0.15, 0.2) is 0 Å². The molecule has 2 aromatic rings. The van der Waals surface area contributed by atoms with Gasteiger partial charge in [0.05, 0.1) is 4.90 Å². The van der Waals surface area contributed by atoms with E-state index in [2.05, 4.69) is 17.4 Å². The van der Waals surface area contributed by atoms with Crippen molar-refractivity contribution in [3.8, 4) is 0 Å². The molecule has 1 aliphatic heterocycles. The van der Waals surface area contributed by atoms with Crippen LogP contribution in [0.3, 0.4) is 0 Å². The number of nitrogens with zero attached hydrogens (tertiary/aromatic N) is 1. The van der Waals surface area contributed by atoms with Crippen LogP contribution in [0.15, 0.2) is 47.4 Å². The molecule has 1 amide bonds. The lowest BCUT2D eigenvalue weighted by Crippen LogP contribution is -2.35. The van der Waals surface area contributed by atoms with Crippen LogP contribution in [0.25, 0.3) is 0 Å². The molecule has 2 aromatic carbocycles. The minimum Gasteiger partial charge on any atom is -0.326 e. The first-order valence-corrected chi connectivity index (χ1v) is 11.9. The summed E-state index contributed by atoms with van der Waals surface area (Å²) in [5, 5.41) is 2.96. The second kappa shape index (κ2) is 8.28. The normalized spacial score (nSPS) is 19.7. The maximum absolute atomic E-state index is 13.0. The number of benzene rings is 2. The van der Waals surface area contributed by atoms with Crippen molar-refractivity contribution in [1.82, 2.24) is 4.31 Å². The van der Waals surface area contributed by atoms with Crippen LogP contribution in [0, 0.1) is 6.92 Å². The molecule has 2 aliphatic rings. The predicted molar refractivity (Wildman–Crippen MR) is 115 cm³/mol. The van der Waals surface area contributed by atoms with E-state index in [9.17, 15) is 13.2 Å². The highest BCUT2D eigenvalue weighted by Gasteiger charge is 2.27. The van der Waals surface area contributed by atoms with Gasteiger partial charge in [0.25, 0.3) is 0 Å². The molecule has 1 heterocycles. The molecule has 6 heteroatoms. The van der Waals surface area contributed by atoms with Gasteiger partial charge in [-0.1, -0.05) is 36.8 Å². The largest absolute Gasteiger partial charge is 0.326 e. The van der Waals surface area contributed by atoms with E-state index in [1.165, 1.54) is 11.1 Å². The van der Waals surface area contributed by atoms with Crippen molar-refractivity contribution in [3.05, 3.63) is 59.2 Å². The van der Waals surface area contributed by atoms with Gasteiger partial charge < -0.3 is 5.32 Å². The van der Waals surface area contributed by atoms with Crippen LogP contribution >= 0.6 is 0 Å². The first-order chi connectivity index (χ1) is 13.9. The molecule has 29 heavy (non-hydrogen) atoms. The highest BCUT2D eigenvalue weighted by atomic mass is 32.2. The number of fused-ring (bicyclic) bond motifs is 1. The fourth-order valence-electron chi connectivity index (χ4n) is 4.43. The summed E-state index contributed by atoms with van der Waals surface area (Å²) in [7, 11) is -3.52. The third-order valence-electron chi connectivity index (χ3n) is 6.12. The van der Waals surface area contributed by atoms with Gasteiger partial charge in [0.2, 0.25) is 15.9 Å². The van der Waals surface area contributed by atoms with E-state index in [0.717, 1.165) is 37.7 Å². The quantitative estimate of drug-likeness (QED) is 0.799. The Hall–Kier alpha value is -2.18. The monoisotopic (exact) mass is 412 g/mol. The maximum atomic E-state index is 13.0. The molecule has 5 nitrogen and oxygen atoms in total. The van der Waals surface area contributed by atoms with Crippen LogP contribution in [0.2, 0.25) is 0 Å². The molecule has 154 valence electrons. The van der Waals surface area contributed by atoms with Gasteiger partial charge in [-0.05, 0) is 67.3 Å². The Morgan fingerprint density at radius 1 is 1.10 bits per heavy atom. The van der Waals surface area contributed by atoms with Gasteiger partial charge in [-0.3, -0.25) is 4.79 Å². The third-order valence-corrected chi connectivity index (χ3v) is 8.02. The summed E-state index contributed by atoms with van der Waals surface area (Å²) in [5.41, 5.74) is 4.04. The number of aryl methyl sites for hydroxylation is 2.